The summed E-state index contributed by atoms with van der Waals surface area (Å²) in [6.07, 6.45) is 0. The van der Waals surface area contributed by atoms with Crippen molar-refractivity contribution >= 4 is 40.8 Å². The molecule has 0 bridgehead atoms. The lowest BCUT2D eigenvalue weighted by molar-refractivity contribution is -0.127. The van der Waals surface area contributed by atoms with Crippen LogP contribution in [0, 0.1) is 6.92 Å². The molecule has 126 valence electrons. The van der Waals surface area contributed by atoms with Gasteiger partial charge in [-0.3, -0.25) is 25.2 Å². The van der Waals surface area contributed by atoms with Gasteiger partial charge in [0.1, 0.15) is 0 Å². The predicted octanol–water partition coefficient (Wildman–Crippen LogP) is 1.73. The Morgan fingerprint density at radius 2 is 1.75 bits per heavy atom. The molecular formula is C16H17N3O3S2. The van der Waals surface area contributed by atoms with Crippen LogP contribution in [0.2, 0.25) is 0 Å². The minimum absolute atomic E-state index is 0.185. The van der Waals surface area contributed by atoms with Crippen LogP contribution in [-0.2, 0) is 9.59 Å². The maximum atomic E-state index is 11.7. The summed E-state index contributed by atoms with van der Waals surface area (Å²) < 4.78 is 0. The molecule has 0 fully saturated rings. The van der Waals surface area contributed by atoms with Crippen molar-refractivity contribution in [1.82, 2.24) is 16.2 Å². The van der Waals surface area contributed by atoms with Crippen LogP contribution in [0.15, 0.2) is 46.7 Å². The van der Waals surface area contributed by atoms with E-state index in [1.807, 2.05) is 31.2 Å². The number of amides is 3. The zero-order chi connectivity index (χ0) is 17.4. The number of hydrogen-bond donors (Lipinski definition) is 3. The van der Waals surface area contributed by atoms with Crippen LogP contribution in [-0.4, -0.2) is 30.0 Å². The van der Waals surface area contributed by atoms with E-state index in [2.05, 4.69) is 16.2 Å². The van der Waals surface area contributed by atoms with Gasteiger partial charge in [-0.2, -0.15) is 0 Å². The molecule has 0 aliphatic heterocycles. The zero-order valence-electron chi connectivity index (χ0n) is 13.0. The first-order chi connectivity index (χ1) is 11.5. The molecule has 2 aromatic rings. The Hall–Kier alpha value is -2.32. The van der Waals surface area contributed by atoms with E-state index in [-0.39, 0.29) is 24.1 Å². The van der Waals surface area contributed by atoms with Crippen molar-refractivity contribution in [3.8, 4) is 0 Å². The number of thioether (sulfide) groups is 1. The molecule has 0 aliphatic carbocycles. The van der Waals surface area contributed by atoms with Crippen molar-refractivity contribution in [3.63, 3.8) is 0 Å². The lowest BCUT2D eigenvalue weighted by atomic mass is 10.2. The Bertz CT molecular complexity index is 700. The number of aryl methyl sites for hydroxylation is 1. The van der Waals surface area contributed by atoms with Crippen LogP contribution in [0.1, 0.15) is 15.2 Å². The number of nitrogens with one attached hydrogen (secondary N) is 3. The highest BCUT2D eigenvalue weighted by Gasteiger charge is 2.09. The highest BCUT2D eigenvalue weighted by molar-refractivity contribution is 8.00. The molecule has 8 heteroatoms. The molecule has 0 spiro atoms. The molecule has 24 heavy (non-hydrogen) atoms. The second-order valence-corrected chi connectivity index (χ2v) is 6.85. The molecule has 3 N–H and O–H groups in total. The van der Waals surface area contributed by atoms with Gasteiger partial charge in [0.25, 0.3) is 11.8 Å². The first-order valence-corrected chi connectivity index (χ1v) is 9.00. The lowest BCUT2D eigenvalue weighted by Gasteiger charge is -2.08. The highest BCUT2D eigenvalue weighted by Crippen LogP contribution is 2.17. The second kappa shape index (κ2) is 9.09. The van der Waals surface area contributed by atoms with Gasteiger partial charge in [-0.15, -0.1) is 23.1 Å². The van der Waals surface area contributed by atoms with Gasteiger partial charge in [-0.25, -0.2) is 0 Å². The Balaban J connectivity index is 1.63. The number of thiophene rings is 1. The van der Waals surface area contributed by atoms with Crippen molar-refractivity contribution in [3.05, 3.63) is 52.2 Å². The SMILES string of the molecule is Cc1ccc(SCC(=O)NNC(=O)CNC(=O)c2cccs2)cc1. The number of hydrogen-bond acceptors (Lipinski definition) is 5. The zero-order valence-corrected chi connectivity index (χ0v) is 14.6. The molecule has 6 nitrogen and oxygen atoms in total. The molecule has 2 rings (SSSR count). The monoisotopic (exact) mass is 363 g/mol. The minimum atomic E-state index is -0.492. The van der Waals surface area contributed by atoms with Gasteiger partial charge in [-0.1, -0.05) is 23.8 Å². The molecule has 3 amide bonds. The number of benzene rings is 1. The standard InChI is InChI=1S/C16H17N3O3S2/c1-11-4-6-12(7-5-11)24-10-15(21)19-18-14(20)9-17-16(22)13-3-2-8-23-13/h2-8H,9-10H2,1H3,(H,17,22)(H,18,20)(H,19,21). The molecule has 1 aromatic heterocycles. The average molecular weight is 363 g/mol. The van der Waals surface area contributed by atoms with E-state index in [4.69, 9.17) is 0 Å². The van der Waals surface area contributed by atoms with E-state index in [0.29, 0.717) is 4.88 Å². The van der Waals surface area contributed by atoms with E-state index in [9.17, 15) is 14.4 Å². The normalized spacial score (nSPS) is 10.0. The molecule has 0 saturated carbocycles. The van der Waals surface area contributed by atoms with Crippen LogP contribution < -0.4 is 16.2 Å². The smallest absolute Gasteiger partial charge is 0.261 e. The van der Waals surface area contributed by atoms with E-state index in [1.165, 1.54) is 23.1 Å². The maximum absolute atomic E-state index is 11.7. The fraction of sp³-hybridized carbons (Fsp3) is 0.188. The van der Waals surface area contributed by atoms with Gasteiger partial charge in [0.2, 0.25) is 5.91 Å². The summed E-state index contributed by atoms with van der Waals surface area (Å²) in [6, 6.07) is 11.2. The van der Waals surface area contributed by atoms with Crippen molar-refractivity contribution in [1.29, 1.82) is 0 Å². The quantitative estimate of drug-likeness (QED) is 0.539. The summed E-state index contributed by atoms with van der Waals surface area (Å²) in [6.45, 7) is 1.79. The van der Waals surface area contributed by atoms with Crippen molar-refractivity contribution in [2.45, 2.75) is 11.8 Å². The summed E-state index contributed by atoms with van der Waals surface area (Å²) >= 11 is 2.66. The Kier molecular flexibility index (Phi) is 6.83. The minimum Gasteiger partial charge on any atom is -0.342 e. The summed E-state index contributed by atoms with van der Waals surface area (Å²) in [7, 11) is 0. The first kappa shape index (κ1) is 18.0. The predicted molar refractivity (Wildman–Crippen MR) is 94.8 cm³/mol. The van der Waals surface area contributed by atoms with E-state index >= 15 is 0 Å². The van der Waals surface area contributed by atoms with E-state index < -0.39 is 5.91 Å². The molecule has 0 radical (unpaired) electrons. The Morgan fingerprint density at radius 1 is 1.04 bits per heavy atom. The summed E-state index contributed by atoms with van der Waals surface area (Å²) in [5.74, 6) is -0.946. The topological polar surface area (TPSA) is 87.3 Å². The highest BCUT2D eigenvalue weighted by atomic mass is 32.2. The van der Waals surface area contributed by atoms with Gasteiger partial charge >= 0.3 is 0 Å². The third-order valence-electron chi connectivity index (χ3n) is 2.89. The summed E-state index contributed by atoms with van der Waals surface area (Å²) in [5.41, 5.74) is 5.73. The van der Waals surface area contributed by atoms with Crippen LogP contribution in [0.5, 0.6) is 0 Å². The van der Waals surface area contributed by atoms with E-state index in [1.54, 1.807) is 17.5 Å². The molecule has 0 aliphatic rings. The molecule has 0 atom stereocenters. The Morgan fingerprint density at radius 3 is 2.42 bits per heavy atom. The van der Waals surface area contributed by atoms with Gasteiger partial charge in [-0.05, 0) is 30.5 Å². The van der Waals surface area contributed by atoms with Crippen molar-refractivity contribution < 1.29 is 14.4 Å². The van der Waals surface area contributed by atoms with Crippen LogP contribution in [0.4, 0.5) is 0 Å². The molecular weight excluding hydrogens is 346 g/mol. The van der Waals surface area contributed by atoms with E-state index in [0.717, 1.165) is 10.5 Å². The average Bonchev–Trinajstić information content (AvgIpc) is 3.12. The summed E-state index contributed by atoms with van der Waals surface area (Å²) in [5, 5.41) is 4.25. The van der Waals surface area contributed by atoms with Gasteiger partial charge in [0.15, 0.2) is 0 Å². The first-order valence-electron chi connectivity index (χ1n) is 7.13. The number of rotatable bonds is 6. The molecule has 0 unspecified atom stereocenters. The Labute approximate surface area is 148 Å². The number of hydrazine groups is 1. The van der Waals surface area contributed by atoms with Gasteiger partial charge in [0.05, 0.1) is 17.2 Å². The van der Waals surface area contributed by atoms with Crippen molar-refractivity contribution in [2.75, 3.05) is 12.3 Å². The number of carbonyl (C=O) groups excluding carboxylic acids is 3. The van der Waals surface area contributed by atoms with Crippen LogP contribution >= 0.6 is 23.1 Å². The second-order valence-electron chi connectivity index (χ2n) is 4.86. The van der Waals surface area contributed by atoms with Crippen molar-refractivity contribution in [2.24, 2.45) is 0 Å². The third-order valence-corrected chi connectivity index (χ3v) is 4.77. The summed E-state index contributed by atoms with van der Waals surface area (Å²) in [4.78, 5) is 36.4. The van der Waals surface area contributed by atoms with Gasteiger partial charge < -0.3 is 5.32 Å². The fourth-order valence-electron chi connectivity index (χ4n) is 1.66. The lowest BCUT2D eigenvalue weighted by Crippen LogP contribution is -2.46. The molecule has 0 saturated heterocycles. The van der Waals surface area contributed by atoms with Crippen LogP contribution in [0.3, 0.4) is 0 Å². The number of carbonyl (C=O) groups is 3. The van der Waals surface area contributed by atoms with Gasteiger partial charge in [0, 0.05) is 4.90 Å². The van der Waals surface area contributed by atoms with Crippen LogP contribution in [0.25, 0.3) is 0 Å². The largest absolute Gasteiger partial charge is 0.342 e. The third kappa shape index (κ3) is 6.05. The molecule has 1 heterocycles. The molecule has 1 aromatic carbocycles. The fourth-order valence-corrected chi connectivity index (χ4v) is 3.00. The maximum Gasteiger partial charge on any atom is 0.261 e.